The normalized spacial score (nSPS) is 10.8. The lowest BCUT2D eigenvalue weighted by Gasteiger charge is -2.10. The number of fused-ring (bicyclic) bond motifs is 1. The molecule has 0 fully saturated rings. The van der Waals surface area contributed by atoms with Crippen molar-refractivity contribution in [3.63, 3.8) is 0 Å². The standard InChI is InChI=1S/C23H19NO4/c1-27-20-9-2-16(3-10-20)15-28-21-11-6-17-12-13-24(22(17)14-21)19-7-4-18(5-8-19)23(25)26/h2-14H,15H2,1H3,(H,25,26). The van der Waals surface area contributed by atoms with E-state index in [1.807, 2.05) is 59.3 Å². The minimum atomic E-state index is -0.932. The van der Waals surface area contributed by atoms with Crippen LogP contribution in [0.5, 0.6) is 11.5 Å². The predicted octanol–water partition coefficient (Wildman–Crippen LogP) is 4.92. The van der Waals surface area contributed by atoms with Gasteiger partial charge in [-0.15, -0.1) is 0 Å². The van der Waals surface area contributed by atoms with Crippen molar-refractivity contribution in [1.82, 2.24) is 4.57 Å². The molecule has 0 spiro atoms. The maximum absolute atomic E-state index is 11.1. The summed E-state index contributed by atoms with van der Waals surface area (Å²) in [5.74, 6) is 0.653. The summed E-state index contributed by atoms with van der Waals surface area (Å²) in [6, 6.07) is 22.6. The number of aromatic nitrogens is 1. The smallest absolute Gasteiger partial charge is 0.335 e. The van der Waals surface area contributed by atoms with E-state index in [4.69, 9.17) is 14.6 Å². The molecule has 5 nitrogen and oxygen atoms in total. The molecule has 0 unspecified atom stereocenters. The number of hydrogen-bond acceptors (Lipinski definition) is 3. The molecule has 0 atom stereocenters. The fourth-order valence-electron chi connectivity index (χ4n) is 3.08. The monoisotopic (exact) mass is 373 g/mol. The quantitative estimate of drug-likeness (QED) is 0.521. The second-order valence-corrected chi connectivity index (χ2v) is 6.40. The fourth-order valence-corrected chi connectivity index (χ4v) is 3.08. The number of carboxylic acid groups (broad SMARTS) is 1. The van der Waals surface area contributed by atoms with Crippen LogP contribution in [0.25, 0.3) is 16.6 Å². The van der Waals surface area contributed by atoms with E-state index in [1.165, 1.54) is 0 Å². The predicted molar refractivity (Wildman–Crippen MR) is 108 cm³/mol. The van der Waals surface area contributed by atoms with Crippen molar-refractivity contribution in [1.29, 1.82) is 0 Å². The summed E-state index contributed by atoms with van der Waals surface area (Å²) in [5, 5.41) is 10.1. The van der Waals surface area contributed by atoms with E-state index in [0.29, 0.717) is 6.61 Å². The van der Waals surface area contributed by atoms with Crippen LogP contribution in [0.3, 0.4) is 0 Å². The van der Waals surface area contributed by atoms with Gasteiger partial charge in [-0.3, -0.25) is 0 Å². The molecule has 1 aromatic heterocycles. The van der Waals surface area contributed by atoms with Gasteiger partial charge in [0.25, 0.3) is 0 Å². The lowest BCUT2D eigenvalue weighted by Crippen LogP contribution is -1.98. The summed E-state index contributed by atoms with van der Waals surface area (Å²) in [7, 11) is 1.64. The van der Waals surface area contributed by atoms with Crippen molar-refractivity contribution in [3.8, 4) is 17.2 Å². The molecule has 0 radical (unpaired) electrons. The van der Waals surface area contributed by atoms with Crippen molar-refractivity contribution in [2.45, 2.75) is 6.61 Å². The number of nitrogens with zero attached hydrogens (tertiary/aromatic N) is 1. The Bertz CT molecular complexity index is 1110. The Balaban J connectivity index is 1.57. The first kappa shape index (κ1) is 17.7. The van der Waals surface area contributed by atoms with Gasteiger partial charge in [-0.05, 0) is 60.2 Å². The van der Waals surface area contributed by atoms with Crippen LogP contribution in [-0.2, 0) is 6.61 Å². The zero-order valence-electron chi connectivity index (χ0n) is 15.3. The number of methoxy groups -OCH3 is 1. The summed E-state index contributed by atoms with van der Waals surface area (Å²) in [6.45, 7) is 0.462. The van der Waals surface area contributed by atoms with Gasteiger partial charge in [0, 0.05) is 23.3 Å². The van der Waals surface area contributed by atoms with Gasteiger partial charge in [-0.25, -0.2) is 4.79 Å². The van der Waals surface area contributed by atoms with Gasteiger partial charge in [0.1, 0.15) is 18.1 Å². The van der Waals surface area contributed by atoms with Gasteiger partial charge in [0.2, 0.25) is 0 Å². The molecular weight excluding hydrogens is 354 g/mol. The minimum absolute atomic E-state index is 0.267. The molecule has 0 aliphatic heterocycles. The Morgan fingerprint density at radius 1 is 0.929 bits per heavy atom. The number of hydrogen-bond donors (Lipinski definition) is 1. The Kier molecular flexibility index (Phi) is 4.72. The number of rotatable bonds is 6. The Morgan fingerprint density at radius 2 is 1.64 bits per heavy atom. The third-order valence-corrected chi connectivity index (χ3v) is 4.62. The lowest BCUT2D eigenvalue weighted by molar-refractivity contribution is 0.0697. The molecule has 28 heavy (non-hydrogen) atoms. The average molecular weight is 373 g/mol. The molecular formula is C23H19NO4. The topological polar surface area (TPSA) is 60.7 Å². The van der Waals surface area contributed by atoms with Gasteiger partial charge < -0.3 is 19.1 Å². The van der Waals surface area contributed by atoms with Crippen LogP contribution in [0.15, 0.2) is 79.0 Å². The molecule has 3 aromatic carbocycles. The van der Waals surface area contributed by atoms with Crippen LogP contribution >= 0.6 is 0 Å². The molecule has 1 N–H and O–H groups in total. The lowest BCUT2D eigenvalue weighted by atomic mass is 10.2. The molecule has 4 rings (SSSR count). The Morgan fingerprint density at radius 3 is 2.32 bits per heavy atom. The van der Waals surface area contributed by atoms with E-state index in [0.717, 1.165) is 33.7 Å². The molecule has 0 bridgehead atoms. The second kappa shape index (κ2) is 7.48. The summed E-state index contributed by atoms with van der Waals surface area (Å²) in [4.78, 5) is 11.1. The van der Waals surface area contributed by atoms with Crippen molar-refractivity contribution >= 4 is 16.9 Å². The van der Waals surface area contributed by atoms with Gasteiger partial charge in [0.05, 0.1) is 18.2 Å². The third-order valence-electron chi connectivity index (χ3n) is 4.62. The van der Waals surface area contributed by atoms with Gasteiger partial charge in [-0.2, -0.15) is 0 Å². The van der Waals surface area contributed by atoms with Crippen LogP contribution in [0.1, 0.15) is 15.9 Å². The second-order valence-electron chi connectivity index (χ2n) is 6.40. The van der Waals surface area contributed by atoms with Gasteiger partial charge in [0.15, 0.2) is 0 Å². The largest absolute Gasteiger partial charge is 0.497 e. The molecule has 0 saturated heterocycles. The van der Waals surface area contributed by atoms with Gasteiger partial charge >= 0.3 is 5.97 Å². The fraction of sp³-hybridized carbons (Fsp3) is 0.0870. The van der Waals surface area contributed by atoms with Crippen LogP contribution in [0, 0.1) is 0 Å². The van der Waals surface area contributed by atoms with E-state index in [2.05, 4.69) is 0 Å². The molecule has 4 aromatic rings. The number of aromatic carboxylic acids is 1. The SMILES string of the molecule is COc1ccc(COc2ccc3ccn(-c4ccc(C(=O)O)cc4)c3c2)cc1. The van der Waals surface area contributed by atoms with Crippen molar-refractivity contribution in [2.24, 2.45) is 0 Å². The van der Waals surface area contributed by atoms with Crippen molar-refractivity contribution in [3.05, 3.63) is 90.1 Å². The van der Waals surface area contributed by atoms with Crippen LogP contribution in [0.4, 0.5) is 0 Å². The number of benzene rings is 3. The highest BCUT2D eigenvalue weighted by molar-refractivity contribution is 5.88. The summed E-state index contributed by atoms with van der Waals surface area (Å²) in [6.07, 6.45) is 1.97. The highest BCUT2D eigenvalue weighted by Gasteiger charge is 2.07. The maximum Gasteiger partial charge on any atom is 0.335 e. The van der Waals surface area contributed by atoms with Gasteiger partial charge in [-0.1, -0.05) is 12.1 Å². The number of ether oxygens (including phenoxy) is 2. The zero-order valence-corrected chi connectivity index (χ0v) is 15.3. The minimum Gasteiger partial charge on any atom is -0.497 e. The third kappa shape index (κ3) is 3.55. The van der Waals surface area contributed by atoms with Crippen LogP contribution < -0.4 is 9.47 Å². The first-order valence-corrected chi connectivity index (χ1v) is 8.84. The Labute approximate surface area is 162 Å². The summed E-state index contributed by atoms with van der Waals surface area (Å²) >= 11 is 0. The number of carboxylic acids is 1. The molecule has 0 aliphatic rings. The number of carbonyl (C=O) groups is 1. The highest BCUT2D eigenvalue weighted by Crippen LogP contribution is 2.26. The van der Waals surface area contributed by atoms with Crippen LogP contribution in [-0.4, -0.2) is 22.8 Å². The van der Waals surface area contributed by atoms with E-state index in [-0.39, 0.29) is 5.56 Å². The summed E-state index contributed by atoms with van der Waals surface area (Å²) < 4.78 is 13.1. The summed E-state index contributed by atoms with van der Waals surface area (Å²) in [5.41, 5.74) is 3.21. The highest BCUT2D eigenvalue weighted by atomic mass is 16.5. The molecule has 0 amide bonds. The first-order chi connectivity index (χ1) is 13.6. The van der Waals surface area contributed by atoms with E-state index in [9.17, 15) is 4.79 Å². The van der Waals surface area contributed by atoms with Crippen LogP contribution in [0.2, 0.25) is 0 Å². The van der Waals surface area contributed by atoms with Crippen molar-refractivity contribution in [2.75, 3.05) is 7.11 Å². The first-order valence-electron chi connectivity index (χ1n) is 8.84. The molecule has 1 heterocycles. The Hall–Kier alpha value is -3.73. The maximum atomic E-state index is 11.1. The molecule has 0 saturated carbocycles. The average Bonchev–Trinajstić information content (AvgIpc) is 3.16. The van der Waals surface area contributed by atoms with Crippen molar-refractivity contribution < 1.29 is 19.4 Å². The molecule has 5 heteroatoms. The van der Waals surface area contributed by atoms with E-state index >= 15 is 0 Å². The molecule has 140 valence electrons. The zero-order chi connectivity index (χ0) is 19.5. The molecule has 0 aliphatic carbocycles. The van der Waals surface area contributed by atoms with E-state index in [1.54, 1.807) is 31.4 Å². The van der Waals surface area contributed by atoms with E-state index < -0.39 is 5.97 Å².